The number of halogens is 3. The number of hydrogen-bond acceptors (Lipinski definition) is 1. The molecule has 100 valence electrons. The minimum absolute atomic E-state index is 0.182. The molecule has 1 nitrogen and oxygen atoms in total. The second kappa shape index (κ2) is 6.13. The molecule has 0 fully saturated rings. The smallest absolute Gasteiger partial charge is 0.124 e. The van der Waals surface area contributed by atoms with Crippen molar-refractivity contribution in [2.24, 2.45) is 0 Å². The Morgan fingerprint density at radius 3 is 2.26 bits per heavy atom. The predicted molar refractivity (Wildman–Crippen MR) is 73.3 cm³/mol. The SMILES string of the molecule is CCNC(c1ccc(F)cc1)c1ccc(F)cc1Cl. The van der Waals surface area contributed by atoms with Crippen LogP contribution in [0.3, 0.4) is 0 Å². The molecule has 0 radical (unpaired) electrons. The van der Waals surface area contributed by atoms with Crippen molar-refractivity contribution in [3.63, 3.8) is 0 Å². The maximum atomic E-state index is 13.1. The molecule has 0 aliphatic rings. The molecule has 1 N–H and O–H groups in total. The first-order valence-electron chi connectivity index (χ1n) is 6.05. The van der Waals surface area contributed by atoms with Crippen LogP contribution in [0.4, 0.5) is 8.78 Å². The van der Waals surface area contributed by atoms with E-state index in [0.717, 1.165) is 17.7 Å². The van der Waals surface area contributed by atoms with Crippen LogP contribution in [0.25, 0.3) is 0 Å². The number of hydrogen-bond donors (Lipinski definition) is 1. The molecule has 0 heterocycles. The highest BCUT2D eigenvalue weighted by molar-refractivity contribution is 6.31. The Morgan fingerprint density at radius 1 is 1.05 bits per heavy atom. The molecular weight excluding hydrogens is 268 g/mol. The first-order chi connectivity index (χ1) is 9.11. The fraction of sp³-hybridized carbons (Fsp3) is 0.200. The Morgan fingerprint density at radius 2 is 1.68 bits per heavy atom. The molecule has 0 spiro atoms. The topological polar surface area (TPSA) is 12.0 Å². The van der Waals surface area contributed by atoms with Gasteiger partial charge in [0.1, 0.15) is 11.6 Å². The van der Waals surface area contributed by atoms with Crippen molar-refractivity contribution in [3.05, 3.63) is 70.2 Å². The van der Waals surface area contributed by atoms with Gasteiger partial charge >= 0.3 is 0 Å². The molecular formula is C15H14ClF2N. The van der Waals surface area contributed by atoms with Gasteiger partial charge in [-0.25, -0.2) is 8.78 Å². The van der Waals surface area contributed by atoms with Crippen molar-refractivity contribution in [3.8, 4) is 0 Å². The van der Waals surface area contributed by atoms with Crippen LogP contribution >= 0.6 is 11.6 Å². The average Bonchev–Trinajstić information content (AvgIpc) is 2.38. The summed E-state index contributed by atoms with van der Waals surface area (Å²) in [7, 11) is 0. The van der Waals surface area contributed by atoms with Gasteiger partial charge in [0.2, 0.25) is 0 Å². The van der Waals surface area contributed by atoms with Gasteiger partial charge in [0.15, 0.2) is 0 Å². The maximum Gasteiger partial charge on any atom is 0.124 e. The summed E-state index contributed by atoms with van der Waals surface area (Å²) in [6.45, 7) is 2.68. The fourth-order valence-electron chi connectivity index (χ4n) is 2.00. The summed E-state index contributed by atoms with van der Waals surface area (Å²) in [6.07, 6.45) is 0. The lowest BCUT2D eigenvalue weighted by Gasteiger charge is -2.20. The van der Waals surface area contributed by atoms with Gasteiger partial charge in [-0.05, 0) is 41.9 Å². The van der Waals surface area contributed by atoms with Crippen LogP contribution in [-0.2, 0) is 0 Å². The standard InChI is InChI=1S/C15H14ClF2N/c1-2-19-15(10-3-5-11(17)6-4-10)13-8-7-12(18)9-14(13)16/h3-9,15,19H,2H2,1H3. The summed E-state index contributed by atoms with van der Waals surface area (Å²) >= 11 is 6.09. The zero-order valence-electron chi connectivity index (χ0n) is 10.5. The van der Waals surface area contributed by atoms with Crippen molar-refractivity contribution in [2.75, 3.05) is 6.54 Å². The summed E-state index contributed by atoms with van der Waals surface area (Å²) in [6, 6.07) is 10.3. The monoisotopic (exact) mass is 281 g/mol. The molecule has 0 aromatic heterocycles. The quantitative estimate of drug-likeness (QED) is 0.880. The lowest BCUT2D eigenvalue weighted by molar-refractivity contribution is 0.607. The lowest BCUT2D eigenvalue weighted by atomic mass is 9.98. The first kappa shape index (κ1) is 14.0. The van der Waals surface area contributed by atoms with E-state index in [4.69, 9.17) is 11.6 Å². The van der Waals surface area contributed by atoms with Crippen molar-refractivity contribution in [2.45, 2.75) is 13.0 Å². The number of nitrogens with one attached hydrogen (secondary N) is 1. The van der Waals surface area contributed by atoms with Crippen molar-refractivity contribution in [1.82, 2.24) is 5.32 Å². The lowest BCUT2D eigenvalue weighted by Crippen LogP contribution is -2.22. The van der Waals surface area contributed by atoms with Crippen molar-refractivity contribution < 1.29 is 8.78 Å². The summed E-state index contributed by atoms with van der Waals surface area (Å²) < 4.78 is 26.1. The molecule has 19 heavy (non-hydrogen) atoms. The van der Waals surface area contributed by atoms with E-state index in [1.807, 2.05) is 6.92 Å². The molecule has 2 rings (SSSR count). The Kier molecular flexibility index (Phi) is 4.51. The van der Waals surface area contributed by atoms with E-state index in [1.165, 1.54) is 24.3 Å². The van der Waals surface area contributed by atoms with Crippen LogP contribution < -0.4 is 5.32 Å². The molecule has 1 atom stereocenters. The molecule has 0 bridgehead atoms. The predicted octanol–water partition coefficient (Wildman–Crippen LogP) is 4.32. The third kappa shape index (κ3) is 3.31. The van der Waals surface area contributed by atoms with E-state index in [2.05, 4.69) is 5.32 Å². The van der Waals surface area contributed by atoms with Crippen LogP contribution in [-0.4, -0.2) is 6.54 Å². The zero-order chi connectivity index (χ0) is 13.8. The van der Waals surface area contributed by atoms with Gasteiger partial charge in [0, 0.05) is 5.02 Å². The van der Waals surface area contributed by atoms with Crippen LogP contribution in [0.2, 0.25) is 5.02 Å². The van der Waals surface area contributed by atoms with Crippen LogP contribution in [0.15, 0.2) is 42.5 Å². The second-order valence-corrected chi connectivity index (χ2v) is 4.62. The van der Waals surface area contributed by atoms with Crippen molar-refractivity contribution >= 4 is 11.6 Å². The Bertz CT molecular complexity index is 555. The highest BCUT2D eigenvalue weighted by Gasteiger charge is 2.16. The van der Waals surface area contributed by atoms with Gasteiger partial charge in [-0.15, -0.1) is 0 Å². The zero-order valence-corrected chi connectivity index (χ0v) is 11.2. The highest BCUT2D eigenvalue weighted by atomic mass is 35.5. The Labute approximate surface area is 116 Å². The van der Waals surface area contributed by atoms with E-state index >= 15 is 0 Å². The van der Waals surface area contributed by atoms with Gasteiger partial charge in [0.05, 0.1) is 6.04 Å². The highest BCUT2D eigenvalue weighted by Crippen LogP contribution is 2.29. The van der Waals surface area contributed by atoms with Crippen LogP contribution in [0, 0.1) is 11.6 Å². The normalized spacial score (nSPS) is 12.4. The van der Waals surface area contributed by atoms with Gasteiger partial charge < -0.3 is 5.32 Å². The summed E-state index contributed by atoms with van der Waals surface area (Å²) in [5.41, 5.74) is 1.66. The molecule has 0 amide bonds. The Balaban J connectivity index is 2.41. The third-order valence-electron chi connectivity index (χ3n) is 2.89. The van der Waals surface area contributed by atoms with E-state index in [1.54, 1.807) is 18.2 Å². The van der Waals surface area contributed by atoms with E-state index < -0.39 is 0 Å². The van der Waals surface area contributed by atoms with Crippen LogP contribution in [0.1, 0.15) is 24.1 Å². The van der Waals surface area contributed by atoms with Gasteiger partial charge in [-0.3, -0.25) is 0 Å². The largest absolute Gasteiger partial charge is 0.306 e. The minimum Gasteiger partial charge on any atom is -0.306 e. The molecule has 1 unspecified atom stereocenters. The van der Waals surface area contributed by atoms with E-state index in [0.29, 0.717) is 5.02 Å². The molecule has 0 saturated heterocycles. The second-order valence-electron chi connectivity index (χ2n) is 4.21. The summed E-state index contributed by atoms with van der Waals surface area (Å²) in [5, 5.41) is 3.62. The molecule has 2 aromatic carbocycles. The molecule has 4 heteroatoms. The third-order valence-corrected chi connectivity index (χ3v) is 3.21. The molecule has 0 saturated carbocycles. The Hall–Kier alpha value is -1.45. The summed E-state index contributed by atoms with van der Waals surface area (Å²) in [5.74, 6) is -0.660. The van der Waals surface area contributed by atoms with E-state index in [9.17, 15) is 8.78 Å². The van der Waals surface area contributed by atoms with Gasteiger partial charge in [-0.1, -0.05) is 36.7 Å². The minimum atomic E-state index is -0.372. The molecule has 0 aliphatic heterocycles. The molecule has 0 aliphatic carbocycles. The fourth-order valence-corrected chi connectivity index (χ4v) is 2.28. The van der Waals surface area contributed by atoms with E-state index in [-0.39, 0.29) is 17.7 Å². The average molecular weight is 282 g/mol. The maximum absolute atomic E-state index is 13.1. The summed E-state index contributed by atoms with van der Waals surface area (Å²) in [4.78, 5) is 0. The van der Waals surface area contributed by atoms with Gasteiger partial charge in [-0.2, -0.15) is 0 Å². The number of rotatable bonds is 4. The molecule has 2 aromatic rings. The number of benzene rings is 2. The first-order valence-corrected chi connectivity index (χ1v) is 6.43. The van der Waals surface area contributed by atoms with Crippen molar-refractivity contribution in [1.29, 1.82) is 0 Å². The van der Waals surface area contributed by atoms with Crippen LogP contribution in [0.5, 0.6) is 0 Å². The van der Waals surface area contributed by atoms with Gasteiger partial charge in [0.25, 0.3) is 0 Å².